The third-order valence-corrected chi connectivity index (χ3v) is 5.06. The molecular formula is C25H26N2O. The largest absolute Gasteiger partial charge is 0.493 e. The van der Waals surface area contributed by atoms with Crippen molar-refractivity contribution in [3.8, 4) is 11.4 Å². The lowest BCUT2D eigenvalue weighted by atomic mass is 10.1. The molecule has 1 aromatic heterocycles. The van der Waals surface area contributed by atoms with E-state index in [1.54, 1.807) is 0 Å². The van der Waals surface area contributed by atoms with Gasteiger partial charge in [-0.3, -0.25) is 0 Å². The number of nitrogens with zero attached hydrogens (tertiary/aromatic N) is 2. The van der Waals surface area contributed by atoms with Crippen LogP contribution >= 0.6 is 0 Å². The molecule has 0 amide bonds. The van der Waals surface area contributed by atoms with Crippen LogP contribution in [0.4, 0.5) is 0 Å². The van der Waals surface area contributed by atoms with Crippen molar-refractivity contribution in [1.29, 1.82) is 0 Å². The number of para-hydroxylation sites is 1. The maximum absolute atomic E-state index is 6.03. The standard InChI is InChI=1S/C25H26N2O/c1(4-15-23-18-19-26-27(23)22-13-5-3-6-14-22)2-9-20-28-25-17-10-12-21-11-7-8-16-24(21)25/h3,5-8,10-14,16-19H,1-2,4,9,15,20H2. The highest BCUT2D eigenvalue weighted by molar-refractivity contribution is 5.88. The van der Waals surface area contributed by atoms with E-state index in [9.17, 15) is 0 Å². The number of unbranched alkanes of at least 4 members (excludes halogenated alkanes) is 3. The van der Waals surface area contributed by atoms with Crippen LogP contribution < -0.4 is 4.74 Å². The summed E-state index contributed by atoms with van der Waals surface area (Å²) in [6.45, 7) is 0.774. The van der Waals surface area contributed by atoms with Crippen molar-refractivity contribution in [1.82, 2.24) is 9.78 Å². The zero-order valence-electron chi connectivity index (χ0n) is 16.1. The number of ether oxygens (including phenoxy) is 1. The van der Waals surface area contributed by atoms with E-state index >= 15 is 0 Å². The highest BCUT2D eigenvalue weighted by atomic mass is 16.5. The fourth-order valence-electron chi connectivity index (χ4n) is 3.59. The Bertz CT molecular complexity index is 1000. The van der Waals surface area contributed by atoms with Crippen LogP contribution in [0.5, 0.6) is 5.75 Å². The summed E-state index contributed by atoms with van der Waals surface area (Å²) >= 11 is 0. The summed E-state index contributed by atoms with van der Waals surface area (Å²) in [6.07, 6.45) is 7.59. The van der Waals surface area contributed by atoms with Crippen molar-refractivity contribution >= 4 is 10.8 Å². The summed E-state index contributed by atoms with van der Waals surface area (Å²) in [7, 11) is 0. The molecule has 0 aliphatic rings. The van der Waals surface area contributed by atoms with Crippen LogP contribution in [-0.4, -0.2) is 16.4 Å². The molecule has 0 radical (unpaired) electrons. The fraction of sp³-hybridized carbons (Fsp3) is 0.240. The summed E-state index contributed by atoms with van der Waals surface area (Å²) in [5, 5.41) is 6.90. The molecule has 1 heterocycles. The Morgan fingerprint density at radius 2 is 1.50 bits per heavy atom. The second-order valence-electron chi connectivity index (χ2n) is 7.06. The van der Waals surface area contributed by atoms with Gasteiger partial charge in [-0.15, -0.1) is 0 Å². The highest BCUT2D eigenvalue weighted by Crippen LogP contribution is 2.25. The predicted molar refractivity (Wildman–Crippen MR) is 115 cm³/mol. The van der Waals surface area contributed by atoms with Crippen molar-refractivity contribution in [2.45, 2.75) is 32.1 Å². The second-order valence-corrected chi connectivity index (χ2v) is 7.06. The van der Waals surface area contributed by atoms with Crippen LogP contribution in [0.1, 0.15) is 31.4 Å². The molecule has 3 heteroatoms. The number of hydrogen-bond acceptors (Lipinski definition) is 2. The Hall–Kier alpha value is -3.07. The molecule has 4 aromatic rings. The third-order valence-electron chi connectivity index (χ3n) is 5.06. The quantitative estimate of drug-likeness (QED) is 0.328. The molecule has 0 unspecified atom stereocenters. The van der Waals surface area contributed by atoms with Gasteiger partial charge in [-0.2, -0.15) is 5.10 Å². The van der Waals surface area contributed by atoms with E-state index < -0.39 is 0 Å². The molecule has 0 atom stereocenters. The molecule has 28 heavy (non-hydrogen) atoms. The molecule has 0 saturated carbocycles. The van der Waals surface area contributed by atoms with E-state index in [0.717, 1.165) is 30.9 Å². The van der Waals surface area contributed by atoms with Gasteiger partial charge in [0.15, 0.2) is 0 Å². The summed E-state index contributed by atoms with van der Waals surface area (Å²) in [5.74, 6) is 0.991. The first-order valence-electron chi connectivity index (χ1n) is 10.1. The van der Waals surface area contributed by atoms with E-state index in [2.05, 4.69) is 77.9 Å². The number of rotatable bonds is 9. The minimum absolute atomic E-state index is 0.774. The van der Waals surface area contributed by atoms with Crippen molar-refractivity contribution < 1.29 is 4.74 Å². The van der Waals surface area contributed by atoms with Gasteiger partial charge in [0.2, 0.25) is 0 Å². The fourth-order valence-corrected chi connectivity index (χ4v) is 3.59. The molecule has 0 saturated heterocycles. The smallest absolute Gasteiger partial charge is 0.127 e. The van der Waals surface area contributed by atoms with Gasteiger partial charge in [-0.05, 0) is 48.9 Å². The summed E-state index contributed by atoms with van der Waals surface area (Å²) < 4.78 is 8.08. The Kier molecular flexibility index (Phi) is 6.03. The predicted octanol–water partition coefficient (Wildman–Crippen LogP) is 6.21. The average Bonchev–Trinajstić information content (AvgIpc) is 3.22. The minimum Gasteiger partial charge on any atom is -0.493 e. The van der Waals surface area contributed by atoms with E-state index in [0.29, 0.717) is 0 Å². The van der Waals surface area contributed by atoms with Crippen molar-refractivity contribution in [3.05, 3.63) is 90.8 Å². The van der Waals surface area contributed by atoms with Crippen molar-refractivity contribution in [3.63, 3.8) is 0 Å². The Balaban J connectivity index is 1.20. The van der Waals surface area contributed by atoms with Crippen LogP contribution in [0.25, 0.3) is 16.5 Å². The highest BCUT2D eigenvalue weighted by Gasteiger charge is 2.05. The summed E-state index contributed by atoms with van der Waals surface area (Å²) in [4.78, 5) is 0. The zero-order chi connectivity index (χ0) is 19.0. The lowest BCUT2D eigenvalue weighted by Crippen LogP contribution is -2.02. The number of fused-ring (bicyclic) bond motifs is 1. The van der Waals surface area contributed by atoms with Crippen molar-refractivity contribution in [2.24, 2.45) is 0 Å². The summed E-state index contributed by atoms with van der Waals surface area (Å²) in [5.41, 5.74) is 2.41. The average molecular weight is 370 g/mol. The first kappa shape index (κ1) is 18.3. The molecular weight excluding hydrogens is 344 g/mol. The molecule has 0 fully saturated rings. The molecule has 142 valence electrons. The first-order chi connectivity index (χ1) is 13.9. The van der Waals surface area contributed by atoms with Gasteiger partial charge in [-0.1, -0.05) is 67.4 Å². The number of benzene rings is 3. The molecule has 0 aliphatic carbocycles. The van der Waals surface area contributed by atoms with Crippen LogP contribution in [0, 0.1) is 0 Å². The lowest BCUT2D eigenvalue weighted by Gasteiger charge is -2.09. The van der Waals surface area contributed by atoms with Gasteiger partial charge in [0.05, 0.1) is 12.3 Å². The Labute approximate surface area is 166 Å². The van der Waals surface area contributed by atoms with E-state index in [4.69, 9.17) is 4.74 Å². The van der Waals surface area contributed by atoms with E-state index in [1.807, 2.05) is 16.9 Å². The minimum atomic E-state index is 0.774. The Morgan fingerprint density at radius 1 is 0.714 bits per heavy atom. The molecule has 3 aromatic carbocycles. The van der Waals surface area contributed by atoms with Crippen LogP contribution in [-0.2, 0) is 6.42 Å². The summed E-state index contributed by atoms with van der Waals surface area (Å²) in [6, 6.07) is 27.1. The second kappa shape index (κ2) is 9.23. The van der Waals surface area contributed by atoms with Gasteiger partial charge in [-0.25, -0.2) is 4.68 Å². The van der Waals surface area contributed by atoms with Crippen LogP contribution in [0.15, 0.2) is 85.1 Å². The van der Waals surface area contributed by atoms with E-state index in [-0.39, 0.29) is 0 Å². The van der Waals surface area contributed by atoms with Gasteiger partial charge in [0, 0.05) is 17.3 Å². The molecule has 0 N–H and O–H groups in total. The molecule has 3 nitrogen and oxygen atoms in total. The van der Waals surface area contributed by atoms with Crippen LogP contribution in [0.3, 0.4) is 0 Å². The topological polar surface area (TPSA) is 27.1 Å². The number of hydrogen-bond donors (Lipinski definition) is 0. The maximum Gasteiger partial charge on any atom is 0.127 e. The van der Waals surface area contributed by atoms with Crippen LogP contribution in [0.2, 0.25) is 0 Å². The van der Waals surface area contributed by atoms with E-state index in [1.165, 1.54) is 35.7 Å². The van der Waals surface area contributed by atoms with Crippen molar-refractivity contribution in [2.75, 3.05) is 6.61 Å². The first-order valence-corrected chi connectivity index (χ1v) is 10.1. The molecule has 0 bridgehead atoms. The maximum atomic E-state index is 6.03. The number of aromatic nitrogens is 2. The molecule has 0 aliphatic heterocycles. The molecule has 4 rings (SSSR count). The normalized spacial score (nSPS) is 11.0. The van der Waals surface area contributed by atoms with Gasteiger partial charge >= 0.3 is 0 Å². The number of aryl methyl sites for hydroxylation is 1. The Morgan fingerprint density at radius 3 is 2.43 bits per heavy atom. The van der Waals surface area contributed by atoms with Gasteiger partial charge in [0.25, 0.3) is 0 Å². The lowest BCUT2D eigenvalue weighted by molar-refractivity contribution is 0.308. The van der Waals surface area contributed by atoms with Gasteiger partial charge < -0.3 is 4.74 Å². The SMILES string of the molecule is c1ccc(-n2nccc2CCCCCCOc2cccc3ccccc23)cc1. The zero-order valence-corrected chi connectivity index (χ0v) is 16.1. The van der Waals surface area contributed by atoms with Gasteiger partial charge in [0.1, 0.15) is 5.75 Å². The monoisotopic (exact) mass is 370 g/mol. The molecule has 0 spiro atoms. The third kappa shape index (κ3) is 4.42.